The molecule has 2 aromatic rings. The van der Waals surface area contributed by atoms with E-state index in [1.807, 2.05) is 25.1 Å². The van der Waals surface area contributed by atoms with Crippen LogP contribution in [0, 0.1) is 10.5 Å². The molecule has 1 aliphatic heterocycles. The lowest BCUT2D eigenvalue weighted by atomic mass is 10.1. The van der Waals surface area contributed by atoms with Gasteiger partial charge in [-0.3, -0.25) is 4.79 Å². The highest BCUT2D eigenvalue weighted by molar-refractivity contribution is 14.1. The fourth-order valence-corrected chi connectivity index (χ4v) is 2.64. The zero-order valence-electron chi connectivity index (χ0n) is 13.6. The lowest BCUT2D eigenvalue weighted by Crippen LogP contribution is -2.05. The molecule has 0 fully saturated rings. The van der Waals surface area contributed by atoms with Crippen LogP contribution in [0.5, 0.6) is 5.75 Å². The first-order chi connectivity index (χ1) is 11.9. The van der Waals surface area contributed by atoms with Gasteiger partial charge in [0, 0.05) is 16.1 Å². The van der Waals surface area contributed by atoms with Crippen molar-refractivity contribution >= 4 is 46.5 Å². The normalized spacial score (nSPS) is 15.1. The number of aliphatic imine (C=N–C) groups is 1. The van der Waals surface area contributed by atoms with Crippen LogP contribution in [0.15, 0.2) is 53.2 Å². The summed E-state index contributed by atoms with van der Waals surface area (Å²) in [5.74, 6) is -0.221. The van der Waals surface area contributed by atoms with Crippen LogP contribution in [-0.4, -0.2) is 17.8 Å². The number of carbonyl (C=O) groups excluding carboxylic acids is 2. The minimum Gasteiger partial charge on any atom is -0.427 e. The van der Waals surface area contributed by atoms with Gasteiger partial charge < -0.3 is 9.47 Å². The molecular formula is C19H14INO4. The number of ether oxygens (including phenoxy) is 2. The average molecular weight is 447 g/mol. The Morgan fingerprint density at radius 2 is 2.04 bits per heavy atom. The second-order valence-electron chi connectivity index (χ2n) is 5.47. The molecular weight excluding hydrogens is 433 g/mol. The number of hydrogen-bond acceptors (Lipinski definition) is 5. The van der Waals surface area contributed by atoms with Crippen molar-refractivity contribution in [1.29, 1.82) is 0 Å². The van der Waals surface area contributed by atoms with Gasteiger partial charge in [0.2, 0.25) is 5.90 Å². The topological polar surface area (TPSA) is 65.0 Å². The molecule has 126 valence electrons. The number of halogens is 1. The number of aryl methyl sites for hydroxylation is 1. The van der Waals surface area contributed by atoms with E-state index in [4.69, 9.17) is 9.47 Å². The maximum absolute atomic E-state index is 12.1. The summed E-state index contributed by atoms with van der Waals surface area (Å²) in [4.78, 5) is 27.4. The summed E-state index contributed by atoms with van der Waals surface area (Å²) in [6, 6.07) is 12.6. The summed E-state index contributed by atoms with van der Waals surface area (Å²) >= 11 is 2.24. The van der Waals surface area contributed by atoms with Crippen LogP contribution in [0.4, 0.5) is 0 Å². The van der Waals surface area contributed by atoms with Gasteiger partial charge in [-0.05, 0) is 77.0 Å². The Hall–Kier alpha value is -2.48. The maximum atomic E-state index is 12.1. The molecule has 0 bridgehead atoms. The van der Waals surface area contributed by atoms with Gasteiger partial charge in [0.15, 0.2) is 5.70 Å². The first-order valence-corrected chi connectivity index (χ1v) is 8.58. The fraction of sp³-hybridized carbons (Fsp3) is 0.105. The van der Waals surface area contributed by atoms with Crippen LogP contribution in [0.1, 0.15) is 23.6 Å². The Morgan fingerprint density at radius 1 is 1.24 bits per heavy atom. The third kappa shape index (κ3) is 4.14. The minimum atomic E-state index is -0.510. The first kappa shape index (κ1) is 17.3. The Labute approximate surface area is 158 Å². The summed E-state index contributed by atoms with van der Waals surface area (Å²) in [6.45, 7) is 3.32. The van der Waals surface area contributed by atoms with E-state index < -0.39 is 11.9 Å². The van der Waals surface area contributed by atoms with Crippen LogP contribution in [0.3, 0.4) is 0 Å². The summed E-state index contributed by atoms with van der Waals surface area (Å²) in [7, 11) is 0. The fourth-order valence-electron chi connectivity index (χ4n) is 2.30. The summed E-state index contributed by atoms with van der Waals surface area (Å²) in [5, 5.41) is 0. The van der Waals surface area contributed by atoms with Crippen molar-refractivity contribution in [3.05, 3.63) is 68.4 Å². The second kappa shape index (κ2) is 7.18. The standard InChI is InChI=1S/C19H14INO4/c1-11-8-14(6-7-16(11)20)18-21-17(19(23)25-18)10-13-4-3-5-15(9-13)24-12(2)22/h3-10H,1-2H3/b17-10-. The molecule has 1 heterocycles. The molecule has 0 amide bonds. The van der Waals surface area contributed by atoms with Crippen molar-refractivity contribution < 1.29 is 19.1 Å². The van der Waals surface area contributed by atoms with Crippen molar-refractivity contribution in [2.75, 3.05) is 0 Å². The van der Waals surface area contributed by atoms with E-state index in [0.29, 0.717) is 11.3 Å². The molecule has 1 aliphatic rings. The van der Waals surface area contributed by atoms with Crippen LogP contribution in [0.2, 0.25) is 0 Å². The largest absolute Gasteiger partial charge is 0.427 e. The van der Waals surface area contributed by atoms with E-state index in [1.54, 1.807) is 30.3 Å². The molecule has 25 heavy (non-hydrogen) atoms. The number of rotatable bonds is 3. The molecule has 0 aliphatic carbocycles. The Morgan fingerprint density at radius 3 is 2.76 bits per heavy atom. The van der Waals surface area contributed by atoms with E-state index in [1.165, 1.54) is 6.92 Å². The summed E-state index contributed by atoms with van der Waals surface area (Å²) in [5.41, 5.74) is 2.73. The summed E-state index contributed by atoms with van der Waals surface area (Å²) < 4.78 is 11.4. The van der Waals surface area contributed by atoms with E-state index in [2.05, 4.69) is 27.6 Å². The number of benzene rings is 2. The van der Waals surface area contributed by atoms with Crippen LogP contribution in [0.25, 0.3) is 6.08 Å². The van der Waals surface area contributed by atoms with Gasteiger partial charge in [0.1, 0.15) is 5.75 Å². The minimum absolute atomic E-state index is 0.200. The van der Waals surface area contributed by atoms with Gasteiger partial charge in [-0.25, -0.2) is 9.79 Å². The van der Waals surface area contributed by atoms with Gasteiger partial charge in [0.05, 0.1) is 0 Å². The highest BCUT2D eigenvalue weighted by Gasteiger charge is 2.24. The number of cyclic esters (lactones) is 1. The van der Waals surface area contributed by atoms with Crippen molar-refractivity contribution in [2.24, 2.45) is 4.99 Å². The Bertz CT molecular complexity index is 931. The Kier molecular flexibility index (Phi) is 4.98. The lowest BCUT2D eigenvalue weighted by molar-refractivity contribution is -0.132. The monoisotopic (exact) mass is 447 g/mol. The summed E-state index contributed by atoms with van der Waals surface area (Å²) in [6.07, 6.45) is 1.60. The van der Waals surface area contributed by atoms with Crippen molar-refractivity contribution in [3.63, 3.8) is 0 Å². The third-order valence-electron chi connectivity index (χ3n) is 3.45. The molecule has 2 aromatic carbocycles. The molecule has 0 radical (unpaired) electrons. The third-order valence-corrected chi connectivity index (χ3v) is 4.66. The van der Waals surface area contributed by atoms with Crippen LogP contribution < -0.4 is 4.74 Å². The molecule has 5 nitrogen and oxygen atoms in total. The Balaban J connectivity index is 1.90. The second-order valence-corrected chi connectivity index (χ2v) is 6.63. The van der Waals surface area contributed by atoms with Gasteiger partial charge in [-0.15, -0.1) is 0 Å². The predicted molar refractivity (Wildman–Crippen MR) is 102 cm³/mol. The zero-order chi connectivity index (χ0) is 18.0. The first-order valence-electron chi connectivity index (χ1n) is 7.50. The van der Waals surface area contributed by atoms with E-state index in [9.17, 15) is 9.59 Å². The molecule has 0 unspecified atom stereocenters. The number of esters is 2. The maximum Gasteiger partial charge on any atom is 0.363 e. The van der Waals surface area contributed by atoms with Crippen molar-refractivity contribution in [3.8, 4) is 5.75 Å². The van der Waals surface area contributed by atoms with Gasteiger partial charge >= 0.3 is 11.9 Å². The quantitative estimate of drug-likeness (QED) is 0.310. The van der Waals surface area contributed by atoms with Crippen LogP contribution >= 0.6 is 22.6 Å². The van der Waals surface area contributed by atoms with E-state index in [-0.39, 0.29) is 11.6 Å². The smallest absolute Gasteiger partial charge is 0.363 e. The van der Waals surface area contributed by atoms with Crippen molar-refractivity contribution in [1.82, 2.24) is 0 Å². The highest BCUT2D eigenvalue weighted by atomic mass is 127. The highest BCUT2D eigenvalue weighted by Crippen LogP contribution is 2.22. The van der Waals surface area contributed by atoms with Gasteiger partial charge in [-0.1, -0.05) is 12.1 Å². The molecule has 3 rings (SSSR count). The van der Waals surface area contributed by atoms with Gasteiger partial charge in [0.25, 0.3) is 0 Å². The predicted octanol–water partition coefficient (Wildman–Crippen LogP) is 3.87. The molecule has 0 atom stereocenters. The van der Waals surface area contributed by atoms with Gasteiger partial charge in [-0.2, -0.15) is 0 Å². The number of hydrogen-bond donors (Lipinski definition) is 0. The van der Waals surface area contributed by atoms with E-state index in [0.717, 1.165) is 14.7 Å². The average Bonchev–Trinajstić information content (AvgIpc) is 2.91. The van der Waals surface area contributed by atoms with Crippen LogP contribution in [-0.2, 0) is 14.3 Å². The molecule has 6 heteroatoms. The SMILES string of the molecule is CC(=O)Oc1cccc(/C=C2\N=C(c3ccc(I)c(C)c3)OC2=O)c1. The molecule has 0 N–H and O–H groups in total. The lowest BCUT2D eigenvalue weighted by Gasteiger charge is -2.02. The zero-order valence-corrected chi connectivity index (χ0v) is 15.7. The molecule has 0 saturated heterocycles. The van der Waals surface area contributed by atoms with Crippen molar-refractivity contribution in [2.45, 2.75) is 13.8 Å². The number of nitrogens with zero attached hydrogens (tertiary/aromatic N) is 1. The molecule has 0 aromatic heterocycles. The molecule has 0 spiro atoms. The number of carbonyl (C=O) groups is 2. The molecule has 0 saturated carbocycles. The van der Waals surface area contributed by atoms with E-state index >= 15 is 0 Å².